The molecule has 112 valence electrons. The Bertz CT molecular complexity index is 441. The van der Waals surface area contributed by atoms with Gasteiger partial charge < -0.3 is 5.32 Å². The van der Waals surface area contributed by atoms with Crippen LogP contribution in [0, 0.1) is 17.0 Å². The first kappa shape index (κ1) is 15.7. The largest absolute Gasteiger partial charge is 0.317 e. The summed E-state index contributed by atoms with van der Waals surface area (Å²) in [4.78, 5) is 2.20. The molecule has 0 atom stereocenters. The predicted octanol–water partition coefficient (Wildman–Crippen LogP) is 2.96. The molecule has 20 heavy (non-hydrogen) atoms. The van der Waals surface area contributed by atoms with Crippen molar-refractivity contribution in [2.75, 3.05) is 26.2 Å². The fourth-order valence-corrected chi connectivity index (χ4v) is 3.43. The molecular formula is C15H21ClF2N2. The summed E-state index contributed by atoms with van der Waals surface area (Å²) in [6.45, 7) is 4.47. The highest BCUT2D eigenvalue weighted by Crippen LogP contribution is 2.39. The minimum Gasteiger partial charge on any atom is -0.317 e. The smallest absolute Gasteiger partial charge is 0.130 e. The lowest BCUT2D eigenvalue weighted by atomic mass is 9.78. The maximum atomic E-state index is 13.7. The third-order valence-corrected chi connectivity index (χ3v) is 4.63. The van der Waals surface area contributed by atoms with Crippen LogP contribution in [0.1, 0.15) is 24.8 Å². The monoisotopic (exact) mass is 302 g/mol. The molecular weight excluding hydrogens is 282 g/mol. The first-order chi connectivity index (χ1) is 9.19. The molecule has 0 unspecified atom stereocenters. The quantitative estimate of drug-likeness (QED) is 0.903. The van der Waals surface area contributed by atoms with Gasteiger partial charge in [-0.1, -0.05) is 6.07 Å². The molecule has 2 aliphatic heterocycles. The fourth-order valence-electron chi connectivity index (χ4n) is 3.43. The van der Waals surface area contributed by atoms with Gasteiger partial charge in [0.25, 0.3) is 0 Å². The third-order valence-electron chi connectivity index (χ3n) is 4.63. The molecule has 3 rings (SSSR count). The van der Waals surface area contributed by atoms with E-state index in [9.17, 15) is 8.78 Å². The number of hydrogen-bond acceptors (Lipinski definition) is 2. The van der Waals surface area contributed by atoms with Gasteiger partial charge in [0.2, 0.25) is 0 Å². The van der Waals surface area contributed by atoms with Gasteiger partial charge in [-0.15, -0.1) is 12.4 Å². The summed E-state index contributed by atoms with van der Waals surface area (Å²) in [6.07, 6.45) is 3.53. The number of hydrogen-bond donors (Lipinski definition) is 1. The van der Waals surface area contributed by atoms with E-state index >= 15 is 0 Å². The van der Waals surface area contributed by atoms with Gasteiger partial charge in [-0.05, 0) is 56.4 Å². The summed E-state index contributed by atoms with van der Waals surface area (Å²) >= 11 is 0. The van der Waals surface area contributed by atoms with Crippen LogP contribution in [-0.2, 0) is 6.54 Å². The zero-order chi connectivity index (χ0) is 13.3. The second kappa shape index (κ2) is 6.37. The van der Waals surface area contributed by atoms with Gasteiger partial charge in [0, 0.05) is 18.7 Å². The van der Waals surface area contributed by atoms with E-state index in [2.05, 4.69) is 10.2 Å². The Morgan fingerprint density at radius 1 is 1.10 bits per heavy atom. The topological polar surface area (TPSA) is 15.3 Å². The average Bonchev–Trinajstić information content (AvgIpc) is 2.78. The standard InChI is InChI=1S/C15H20F2N2.ClH/c16-13-2-1-3-14(17)12(13)10-19-9-6-15(11-19)4-7-18-8-5-15;/h1-3,18H,4-11H2;1H. The molecule has 0 amide bonds. The van der Waals surface area contributed by atoms with Crippen molar-refractivity contribution in [3.63, 3.8) is 0 Å². The summed E-state index contributed by atoms with van der Waals surface area (Å²) in [5.41, 5.74) is 0.598. The first-order valence-electron chi connectivity index (χ1n) is 7.05. The van der Waals surface area contributed by atoms with E-state index in [0.29, 0.717) is 12.0 Å². The lowest BCUT2D eigenvalue weighted by Crippen LogP contribution is -2.38. The van der Waals surface area contributed by atoms with E-state index in [1.165, 1.54) is 31.0 Å². The number of likely N-dealkylation sites (tertiary alicyclic amines) is 1. The van der Waals surface area contributed by atoms with Crippen molar-refractivity contribution in [3.05, 3.63) is 35.4 Å². The van der Waals surface area contributed by atoms with Gasteiger partial charge in [-0.2, -0.15) is 0 Å². The Labute approximate surface area is 124 Å². The molecule has 1 aromatic rings. The summed E-state index contributed by atoms with van der Waals surface area (Å²) in [5.74, 6) is -0.850. The molecule has 1 spiro atoms. The van der Waals surface area contributed by atoms with Crippen molar-refractivity contribution in [1.29, 1.82) is 0 Å². The van der Waals surface area contributed by atoms with E-state index in [0.717, 1.165) is 32.6 Å². The van der Waals surface area contributed by atoms with E-state index < -0.39 is 11.6 Å². The van der Waals surface area contributed by atoms with Crippen molar-refractivity contribution < 1.29 is 8.78 Å². The van der Waals surface area contributed by atoms with Crippen LogP contribution in [0.2, 0.25) is 0 Å². The number of halogens is 3. The number of nitrogens with zero attached hydrogens (tertiary/aromatic N) is 1. The summed E-state index contributed by atoms with van der Waals surface area (Å²) < 4.78 is 27.3. The molecule has 2 saturated heterocycles. The highest BCUT2D eigenvalue weighted by Gasteiger charge is 2.38. The van der Waals surface area contributed by atoms with Crippen molar-refractivity contribution in [1.82, 2.24) is 10.2 Å². The maximum absolute atomic E-state index is 13.7. The zero-order valence-corrected chi connectivity index (χ0v) is 12.3. The second-order valence-corrected chi connectivity index (χ2v) is 5.91. The minimum atomic E-state index is -0.425. The molecule has 0 aliphatic carbocycles. The van der Waals surface area contributed by atoms with Crippen molar-refractivity contribution in [2.45, 2.75) is 25.8 Å². The SMILES string of the molecule is Cl.Fc1cccc(F)c1CN1CCC2(CCNCC2)C1. The van der Waals surface area contributed by atoms with Crippen LogP contribution in [0.25, 0.3) is 0 Å². The lowest BCUT2D eigenvalue weighted by Gasteiger charge is -2.34. The summed E-state index contributed by atoms with van der Waals surface area (Å²) in [7, 11) is 0. The molecule has 2 aliphatic rings. The molecule has 0 saturated carbocycles. The minimum absolute atomic E-state index is 0. The normalized spacial score (nSPS) is 21.9. The molecule has 2 fully saturated rings. The Morgan fingerprint density at radius 3 is 2.40 bits per heavy atom. The first-order valence-corrected chi connectivity index (χ1v) is 7.05. The number of rotatable bonds is 2. The van der Waals surface area contributed by atoms with Crippen LogP contribution in [0.4, 0.5) is 8.78 Å². The highest BCUT2D eigenvalue weighted by molar-refractivity contribution is 5.85. The van der Waals surface area contributed by atoms with Crippen molar-refractivity contribution in [2.24, 2.45) is 5.41 Å². The number of benzene rings is 1. The average molecular weight is 303 g/mol. The van der Waals surface area contributed by atoms with E-state index in [1.54, 1.807) is 0 Å². The van der Waals surface area contributed by atoms with Crippen molar-refractivity contribution >= 4 is 12.4 Å². The maximum Gasteiger partial charge on any atom is 0.130 e. The molecule has 2 heterocycles. The van der Waals surface area contributed by atoms with Crippen LogP contribution in [0.3, 0.4) is 0 Å². The van der Waals surface area contributed by atoms with Crippen LogP contribution >= 0.6 is 12.4 Å². The Balaban J connectivity index is 0.00000147. The number of nitrogens with one attached hydrogen (secondary N) is 1. The predicted molar refractivity (Wildman–Crippen MR) is 78.0 cm³/mol. The molecule has 2 nitrogen and oxygen atoms in total. The van der Waals surface area contributed by atoms with Gasteiger partial charge in [0.15, 0.2) is 0 Å². The second-order valence-electron chi connectivity index (χ2n) is 5.91. The Hall–Kier alpha value is -0.710. The van der Waals surface area contributed by atoms with Gasteiger partial charge in [-0.3, -0.25) is 4.90 Å². The molecule has 1 N–H and O–H groups in total. The third kappa shape index (κ3) is 3.13. The molecule has 0 bridgehead atoms. The fraction of sp³-hybridized carbons (Fsp3) is 0.600. The number of piperidine rings is 1. The van der Waals surface area contributed by atoms with Gasteiger partial charge in [0.05, 0.1) is 0 Å². The Kier molecular flexibility index (Phi) is 4.99. The van der Waals surface area contributed by atoms with Gasteiger partial charge >= 0.3 is 0 Å². The highest BCUT2D eigenvalue weighted by atomic mass is 35.5. The zero-order valence-electron chi connectivity index (χ0n) is 11.5. The lowest BCUT2D eigenvalue weighted by molar-refractivity contribution is 0.192. The van der Waals surface area contributed by atoms with Crippen LogP contribution in [0.15, 0.2) is 18.2 Å². The van der Waals surface area contributed by atoms with Crippen LogP contribution < -0.4 is 5.32 Å². The van der Waals surface area contributed by atoms with Crippen LogP contribution in [-0.4, -0.2) is 31.1 Å². The van der Waals surface area contributed by atoms with E-state index in [1.807, 2.05) is 0 Å². The van der Waals surface area contributed by atoms with E-state index in [4.69, 9.17) is 0 Å². The van der Waals surface area contributed by atoms with Gasteiger partial charge in [0.1, 0.15) is 11.6 Å². The molecule has 0 radical (unpaired) electrons. The Morgan fingerprint density at radius 2 is 1.75 bits per heavy atom. The van der Waals surface area contributed by atoms with Gasteiger partial charge in [-0.25, -0.2) is 8.78 Å². The van der Waals surface area contributed by atoms with E-state index in [-0.39, 0.29) is 18.0 Å². The molecule has 5 heteroatoms. The summed E-state index contributed by atoms with van der Waals surface area (Å²) in [6, 6.07) is 4.11. The van der Waals surface area contributed by atoms with Crippen molar-refractivity contribution in [3.8, 4) is 0 Å². The summed E-state index contributed by atoms with van der Waals surface area (Å²) in [5, 5.41) is 3.38. The van der Waals surface area contributed by atoms with Crippen LogP contribution in [0.5, 0.6) is 0 Å². The molecule has 1 aromatic carbocycles. The molecule has 0 aromatic heterocycles.